The lowest BCUT2D eigenvalue weighted by molar-refractivity contribution is -0.140. The van der Waals surface area contributed by atoms with Gasteiger partial charge < -0.3 is 10.4 Å². The first-order valence-electron chi connectivity index (χ1n) is 6.89. The van der Waals surface area contributed by atoms with E-state index in [4.69, 9.17) is 5.11 Å². The van der Waals surface area contributed by atoms with Crippen molar-refractivity contribution in [3.05, 3.63) is 18.3 Å². The van der Waals surface area contributed by atoms with Gasteiger partial charge in [-0.1, -0.05) is 19.3 Å². The number of hydrogen-bond donors (Lipinski definition) is 2. The molecule has 1 fully saturated rings. The number of rotatable bonds is 5. The van der Waals surface area contributed by atoms with Crippen molar-refractivity contribution < 1.29 is 14.7 Å². The molecule has 1 aromatic rings. The van der Waals surface area contributed by atoms with Gasteiger partial charge in [0.25, 0.3) is 0 Å². The Morgan fingerprint density at radius 2 is 2.00 bits per heavy atom. The van der Waals surface area contributed by atoms with E-state index < -0.39 is 11.4 Å². The number of aliphatic carboxylic acids is 1. The highest BCUT2D eigenvalue weighted by Gasteiger charge is 2.36. The topological polar surface area (TPSA) is 92.2 Å². The first-order valence-corrected chi connectivity index (χ1v) is 6.89. The quantitative estimate of drug-likeness (QED) is 0.861. The molecule has 108 valence electrons. The van der Waals surface area contributed by atoms with Crippen molar-refractivity contribution in [1.82, 2.24) is 10.2 Å². The fraction of sp³-hybridized carbons (Fsp3) is 0.571. The Balaban J connectivity index is 2.00. The molecule has 1 amide bonds. The maximum atomic E-state index is 12.1. The van der Waals surface area contributed by atoms with Crippen molar-refractivity contribution in [2.24, 2.45) is 5.41 Å². The molecule has 1 saturated carbocycles. The highest BCUT2D eigenvalue weighted by molar-refractivity contribution is 5.90. The molecule has 0 unspecified atom stereocenters. The third kappa shape index (κ3) is 4.01. The van der Waals surface area contributed by atoms with Crippen molar-refractivity contribution in [1.29, 1.82) is 0 Å². The van der Waals surface area contributed by atoms with Crippen molar-refractivity contribution >= 4 is 17.7 Å². The number of anilines is 1. The number of nitrogens with zero attached hydrogens (tertiary/aromatic N) is 2. The van der Waals surface area contributed by atoms with Gasteiger partial charge in [-0.15, -0.1) is 5.10 Å². The summed E-state index contributed by atoms with van der Waals surface area (Å²) in [4.78, 5) is 23.2. The molecule has 1 aromatic heterocycles. The summed E-state index contributed by atoms with van der Waals surface area (Å²) in [5, 5.41) is 19.2. The average Bonchev–Trinajstić information content (AvgIpc) is 2.39. The van der Waals surface area contributed by atoms with E-state index in [-0.39, 0.29) is 18.7 Å². The van der Waals surface area contributed by atoms with Gasteiger partial charge in [-0.3, -0.25) is 9.59 Å². The van der Waals surface area contributed by atoms with Crippen LogP contribution in [-0.4, -0.2) is 27.2 Å². The zero-order valence-electron chi connectivity index (χ0n) is 11.3. The number of aromatic nitrogens is 2. The molecule has 0 aliphatic heterocycles. The van der Waals surface area contributed by atoms with Gasteiger partial charge in [0.1, 0.15) is 0 Å². The molecule has 0 spiro atoms. The number of hydrogen-bond acceptors (Lipinski definition) is 4. The monoisotopic (exact) mass is 277 g/mol. The zero-order chi connectivity index (χ0) is 14.4. The van der Waals surface area contributed by atoms with Gasteiger partial charge in [0.15, 0.2) is 5.82 Å². The third-order valence-electron chi connectivity index (χ3n) is 3.82. The van der Waals surface area contributed by atoms with Crippen molar-refractivity contribution in [2.75, 3.05) is 5.32 Å². The Kier molecular flexibility index (Phi) is 4.65. The molecule has 1 heterocycles. The van der Waals surface area contributed by atoms with Crippen molar-refractivity contribution in [3.63, 3.8) is 0 Å². The number of carboxylic acid groups (broad SMARTS) is 1. The van der Waals surface area contributed by atoms with Gasteiger partial charge in [0, 0.05) is 12.6 Å². The van der Waals surface area contributed by atoms with E-state index in [0.29, 0.717) is 5.82 Å². The fourth-order valence-electron chi connectivity index (χ4n) is 2.93. The van der Waals surface area contributed by atoms with Crippen LogP contribution >= 0.6 is 0 Å². The smallest absolute Gasteiger partial charge is 0.303 e. The Morgan fingerprint density at radius 1 is 1.25 bits per heavy atom. The average molecular weight is 277 g/mol. The highest BCUT2D eigenvalue weighted by Crippen LogP contribution is 2.42. The highest BCUT2D eigenvalue weighted by atomic mass is 16.4. The van der Waals surface area contributed by atoms with Gasteiger partial charge in [-0.2, -0.15) is 5.10 Å². The van der Waals surface area contributed by atoms with E-state index >= 15 is 0 Å². The van der Waals surface area contributed by atoms with Gasteiger partial charge in [0.05, 0.1) is 6.42 Å². The number of amides is 1. The molecule has 0 aromatic carbocycles. The minimum atomic E-state index is -0.834. The molecule has 1 aliphatic carbocycles. The van der Waals surface area contributed by atoms with Crippen LogP contribution in [0.5, 0.6) is 0 Å². The molecule has 0 radical (unpaired) electrons. The molecule has 6 heteroatoms. The van der Waals surface area contributed by atoms with E-state index in [1.54, 1.807) is 12.1 Å². The maximum Gasteiger partial charge on any atom is 0.303 e. The molecule has 6 nitrogen and oxygen atoms in total. The van der Waals surface area contributed by atoms with Gasteiger partial charge >= 0.3 is 5.97 Å². The molecular formula is C14H19N3O3. The summed E-state index contributed by atoms with van der Waals surface area (Å²) in [6.07, 6.45) is 6.52. The normalized spacial score (nSPS) is 17.4. The molecule has 2 N–H and O–H groups in total. The van der Waals surface area contributed by atoms with Gasteiger partial charge in [0.2, 0.25) is 5.91 Å². The molecule has 0 atom stereocenters. The summed E-state index contributed by atoms with van der Waals surface area (Å²) < 4.78 is 0. The van der Waals surface area contributed by atoms with Crippen LogP contribution in [0.25, 0.3) is 0 Å². The second kappa shape index (κ2) is 6.45. The second-order valence-electron chi connectivity index (χ2n) is 5.47. The SMILES string of the molecule is O=C(O)CC1(CC(=O)Nc2cccnn2)CCCCC1. The van der Waals surface area contributed by atoms with E-state index in [2.05, 4.69) is 15.5 Å². The summed E-state index contributed by atoms with van der Waals surface area (Å²) in [6, 6.07) is 3.35. The van der Waals surface area contributed by atoms with Crippen LogP contribution in [0.2, 0.25) is 0 Å². The van der Waals surface area contributed by atoms with Crippen LogP contribution in [0.4, 0.5) is 5.82 Å². The molecular weight excluding hydrogens is 258 g/mol. The molecule has 2 rings (SSSR count). The number of nitrogens with one attached hydrogen (secondary N) is 1. The van der Waals surface area contributed by atoms with E-state index in [1.807, 2.05) is 0 Å². The van der Waals surface area contributed by atoms with Crippen molar-refractivity contribution in [3.8, 4) is 0 Å². The molecule has 0 saturated heterocycles. The van der Waals surface area contributed by atoms with Crippen LogP contribution in [0.1, 0.15) is 44.9 Å². The third-order valence-corrected chi connectivity index (χ3v) is 3.82. The van der Waals surface area contributed by atoms with E-state index in [1.165, 1.54) is 6.20 Å². The van der Waals surface area contributed by atoms with Gasteiger partial charge in [-0.25, -0.2) is 0 Å². The Labute approximate surface area is 117 Å². The van der Waals surface area contributed by atoms with Crippen LogP contribution in [0.15, 0.2) is 18.3 Å². The van der Waals surface area contributed by atoms with E-state index in [9.17, 15) is 9.59 Å². The predicted octanol–water partition coefficient (Wildman–Crippen LogP) is 2.23. The maximum absolute atomic E-state index is 12.1. The first-order chi connectivity index (χ1) is 9.60. The lowest BCUT2D eigenvalue weighted by Gasteiger charge is -2.35. The van der Waals surface area contributed by atoms with E-state index in [0.717, 1.165) is 32.1 Å². The van der Waals surface area contributed by atoms with Crippen LogP contribution < -0.4 is 5.32 Å². The predicted molar refractivity (Wildman–Crippen MR) is 73.0 cm³/mol. The number of carboxylic acids is 1. The summed E-state index contributed by atoms with van der Waals surface area (Å²) in [6.45, 7) is 0. The summed E-state index contributed by atoms with van der Waals surface area (Å²) in [7, 11) is 0. The number of carbonyl (C=O) groups excluding carboxylic acids is 1. The lowest BCUT2D eigenvalue weighted by atomic mass is 9.69. The Bertz CT molecular complexity index is 470. The summed E-state index contributed by atoms with van der Waals surface area (Å²) >= 11 is 0. The van der Waals surface area contributed by atoms with Crippen LogP contribution in [-0.2, 0) is 9.59 Å². The molecule has 1 aliphatic rings. The minimum absolute atomic E-state index is 0.0564. The second-order valence-corrected chi connectivity index (χ2v) is 5.47. The van der Waals surface area contributed by atoms with Crippen molar-refractivity contribution in [2.45, 2.75) is 44.9 Å². The van der Waals surface area contributed by atoms with Gasteiger partial charge in [-0.05, 0) is 30.4 Å². The largest absolute Gasteiger partial charge is 0.481 e. The molecule has 0 bridgehead atoms. The zero-order valence-corrected chi connectivity index (χ0v) is 11.3. The Hall–Kier alpha value is -1.98. The number of carbonyl (C=O) groups is 2. The Morgan fingerprint density at radius 3 is 2.60 bits per heavy atom. The summed E-state index contributed by atoms with van der Waals surface area (Å²) in [5.74, 6) is -0.619. The lowest BCUT2D eigenvalue weighted by Crippen LogP contribution is -2.32. The van der Waals surface area contributed by atoms with Crippen LogP contribution in [0.3, 0.4) is 0 Å². The summed E-state index contributed by atoms with van der Waals surface area (Å²) in [5.41, 5.74) is -0.406. The molecule has 20 heavy (non-hydrogen) atoms. The standard InChI is InChI=1S/C14H19N3O3/c18-12(16-11-5-4-8-15-17-11)9-14(10-13(19)20)6-2-1-3-7-14/h4-5,8H,1-3,6-7,9-10H2,(H,19,20)(H,16,17,18). The fourth-order valence-corrected chi connectivity index (χ4v) is 2.93. The first kappa shape index (κ1) is 14.4. The minimum Gasteiger partial charge on any atom is -0.481 e. The van der Waals surface area contributed by atoms with Crippen LogP contribution in [0, 0.1) is 5.41 Å².